The summed E-state index contributed by atoms with van der Waals surface area (Å²) in [5.41, 5.74) is -0.608. The maximum atomic E-state index is 13.3. The summed E-state index contributed by atoms with van der Waals surface area (Å²) >= 11 is 0. The molecule has 0 N–H and O–H groups in total. The van der Waals surface area contributed by atoms with Crippen LogP contribution in [0.5, 0.6) is 5.75 Å². The number of carbonyl (C=O) groups is 1. The Bertz CT molecular complexity index is 549. The zero-order chi connectivity index (χ0) is 15.3. The molecule has 1 aliphatic carbocycles. The van der Waals surface area contributed by atoms with E-state index in [9.17, 15) is 14.4 Å². The molecule has 0 unspecified atom stereocenters. The van der Waals surface area contributed by atoms with Crippen LogP contribution in [0.2, 0.25) is 0 Å². The number of para-hydroxylation sites is 1. The lowest BCUT2D eigenvalue weighted by Gasteiger charge is -2.43. The summed E-state index contributed by atoms with van der Waals surface area (Å²) in [4.78, 5) is 13.6. The van der Waals surface area contributed by atoms with E-state index in [1.165, 1.54) is 6.07 Å². The number of benzene rings is 1. The highest BCUT2D eigenvalue weighted by molar-refractivity contribution is 5.77. The van der Waals surface area contributed by atoms with E-state index >= 15 is 0 Å². The number of nitriles is 1. The summed E-state index contributed by atoms with van der Waals surface area (Å²) in [5, 5.41) is 9.20. The fraction of sp³-hybridized carbons (Fsp3) is 0.500. The lowest BCUT2D eigenvalue weighted by Crippen LogP contribution is -2.53. The van der Waals surface area contributed by atoms with E-state index in [0.717, 1.165) is 19.3 Å². The smallest absolute Gasteiger partial charge is 0.223 e. The number of amides is 1. The first-order valence-electron chi connectivity index (χ1n) is 7.14. The lowest BCUT2D eigenvalue weighted by atomic mass is 9.76. The van der Waals surface area contributed by atoms with E-state index in [2.05, 4.69) is 6.07 Å². The van der Waals surface area contributed by atoms with Crippen molar-refractivity contribution in [3.8, 4) is 11.8 Å². The molecule has 0 bridgehead atoms. The van der Waals surface area contributed by atoms with E-state index in [0.29, 0.717) is 12.8 Å². The number of ether oxygens (including phenoxy) is 1. The van der Waals surface area contributed by atoms with Crippen LogP contribution in [0.25, 0.3) is 0 Å². The van der Waals surface area contributed by atoms with Gasteiger partial charge in [-0.2, -0.15) is 5.26 Å². The fourth-order valence-electron chi connectivity index (χ4n) is 2.41. The average Bonchev–Trinajstić information content (AvgIpc) is 2.44. The molecule has 0 atom stereocenters. The van der Waals surface area contributed by atoms with E-state index in [1.54, 1.807) is 30.1 Å². The molecule has 1 fully saturated rings. The Morgan fingerprint density at radius 3 is 2.76 bits per heavy atom. The van der Waals surface area contributed by atoms with E-state index in [-0.39, 0.29) is 18.3 Å². The molecule has 0 radical (unpaired) electrons. The van der Waals surface area contributed by atoms with Crippen LogP contribution < -0.4 is 4.74 Å². The summed E-state index contributed by atoms with van der Waals surface area (Å²) in [6.07, 6.45) is 3.28. The van der Waals surface area contributed by atoms with Crippen molar-refractivity contribution in [1.29, 1.82) is 5.26 Å². The van der Waals surface area contributed by atoms with Crippen LogP contribution in [0.1, 0.15) is 32.1 Å². The molecule has 1 aromatic rings. The highest BCUT2D eigenvalue weighted by atomic mass is 19.1. The highest BCUT2D eigenvalue weighted by Crippen LogP contribution is 2.36. The molecule has 112 valence electrons. The van der Waals surface area contributed by atoms with Crippen LogP contribution in [0.15, 0.2) is 24.3 Å². The average molecular weight is 290 g/mol. The molecule has 0 aromatic heterocycles. The Kier molecular flexibility index (Phi) is 4.79. The Labute approximate surface area is 124 Å². The summed E-state index contributed by atoms with van der Waals surface area (Å²) in [6.45, 7) is 0.278. The normalized spacial score (nSPS) is 15.7. The van der Waals surface area contributed by atoms with Crippen molar-refractivity contribution in [1.82, 2.24) is 4.90 Å². The first-order valence-corrected chi connectivity index (χ1v) is 7.14. The minimum absolute atomic E-state index is 0.0617. The molecular weight excluding hydrogens is 271 g/mol. The van der Waals surface area contributed by atoms with E-state index in [1.807, 2.05) is 0 Å². The molecule has 1 amide bonds. The Balaban J connectivity index is 1.75. The summed E-state index contributed by atoms with van der Waals surface area (Å²) in [7, 11) is 1.68. The highest BCUT2D eigenvalue weighted by Gasteiger charge is 2.43. The van der Waals surface area contributed by atoms with Gasteiger partial charge in [-0.05, 0) is 37.8 Å². The van der Waals surface area contributed by atoms with Gasteiger partial charge in [-0.3, -0.25) is 4.79 Å². The fourth-order valence-corrected chi connectivity index (χ4v) is 2.41. The molecule has 0 saturated heterocycles. The van der Waals surface area contributed by atoms with Gasteiger partial charge >= 0.3 is 0 Å². The second-order valence-electron chi connectivity index (χ2n) is 5.33. The van der Waals surface area contributed by atoms with Crippen LogP contribution in [-0.2, 0) is 4.79 Å². The summed E-state index contributed by atoms with van der Waals surface area (Å²) in [5.74, 6) is -0.266. The van der Waals surface area contributed by atoms with Crippen molar-refractivity contribution in [2.45, 2.75) is 37.6 Å². The number of carbonyl (C=O) groups excluding carboxylic acids is 1. The Morgan fingerprint density at radius 1 is 1.48 bits per heavy atom. The monoisotopic (exact) mass is 290 g/mol. The first kappa shape index (κ1) is 15.3. The van der Waals surface area contributed by atoms with Crippen LogP contribution in [0.4, 0.5) is 4.39 Å². The van der Waals surface area contributed by atoms with Gasteiger partial charge in [-0.25, -0.2) is 4.39 Å². The topological polar surface area (TPSA) is 53.3 Å². The van der Waals surface area contributed by atoms with E-state index < -0.39 is 11.4 Å². The van der Waals surface area contributed by atoms with Crippen molar-refractivity contribution < 1.29 is 13.9 Å². The quantitative estimate of drug-likeness (QED) is 0.757. The maximum absolute atomic E-state index is 13.3. The summed E-state index contributed by atoms with van der Waals surface area (Å²) in [6, 6.07) is 8.43. The molecule has 1 saturated carbocycles. The third-order valence-corrected chi connectivity index (χ3v) is 4.03. The molecular formula is C16H19FN2O2. The van der Waals surface area contributed by atoms with Gasteiger partial charge in [0.25, 0.3) is 0 Å². The van der Waals surface area contributed by atoms with Crippen LogP contribution >= 0.6 is 0 Å². The number of hydrogen-bond acceptors (Lipinski definition) is 3. The van der Waals surface area contributed by atoms with Gasteiger partial charge in [0.1, 0.15) is 5.54 Å². The largest absolute Gasteiger partial charge is 0.491 e. The molecule has 0 heterocycles. The van der Waals surface area contributed by atoms with E-state index in [4.69, 9.17) is 4.74 Å². The van der Waals surface area contributed by atoms with Gasteiger partial charge in [0.2, 0.25) is 5.91 Å². The van der Waals surface area contributed by atoms with Crippen LogP contribution in [0, 0.1) is 17.1 Å². The molecule has 0 aliphatic heterocycles. The number of nitrogens with zero attached hydrogens (tertiary/aromatic N) is 2. The predicted octanol–water partition coefficient (Wildman–Crippen LogP) is 2.89. The standard InChI is InChI=1S/C16H19FN2O2/c1-19(16(12-18)9-5-10-16)15(20)8-4-11-21-14-7-3-2-6-13(14)17/h2-3,6-7H,4-5,8-11H2,1H3. The molecule has 0 spiro atoms. The SMILES string of the molecule is CN(C(=O)CCCOc1ccccc1F)C1(C#N)CCC1. The molecule has 4 nitrogen and oxygen atoms in total. The first-order chi connectivity index (χ1) is 10.1. The van der Waals surface area contributed by atoms with Gasteiger partial charge in [-0.15, -0.1) is 0 Å². The maximum Gasteiger partial charge on any atom is 0.223 e. The summed E-state index contributed by atoms with van der Waals surface area (Å²) < 4.78 is 18.6. The van der Waals surface area contributed by atoms with Crippen LogP contribution in [0.3, 0.4) is 0 Å². The lowest BCUT2D eigenvalue weighted by molar-refractivity contribution is -0.136. The molecule has 1 aliphatic rings. The van der Waals surface area contributed by atoms with Gasteiger partial charge in [0, 0.05) is 13.5 Å². The van der Waals surface area contributed by atoms with Crippen molar-refractivity contribution in [2.24, 2.45) is 0 Å². The van der Waals surface area contributed by atoms with Gasteiger partial charge < -0.3 is 9.64 Å². The van der Waals surface area contributed by atoms with Crippen LogP contribution in [-0.4, -0.2) is 30.0 Å². The third-order valence-electron chi connectivity index (χ3n) is 4.03. The minimum atomic E-state index is -0.608. The third kappa shape index (κ3) is 3.33. The number of hydrogen-bond donors (Lipinski definition) is 0. The Hall–Kier alpha value is -2.09. The predicted molar refractivity (Wildman–Crippen MR) is 76.1 cm³/mol. The van der Waals surface area contributed by atoms with Crippen molar-refractivity contribution in [3.05, 3.63) is 30.1 Å². The van der Waals surface area contributed by atoms with Crippen molar-refractivity contribution >= 4 is 5.91 Å². The zero-order valence-corrected chi connectivity index (χ0v) is 12.1. The number of rotatable bonds is 6. The molecule has 2 rings (SSSR count). The zero-order valence-electron chi connectivity index (χ0n) is 12.1. The minimum Gasteiger partial charge on any atom is -0.491 e. The van der Waals surface area contributed by atoms with Crippen molar-refractivity contribution in [3.63, 3.8) is 0 Å². The number of halogens is 1. The second kappa shape index (κ2) is 6.57. The molecule has 1 aromatic carbocycles. The van der Waals surface area contributed by atoms with Gasteiger partial charge in [-0.1, -0.05) is 12.1 Å². The van der Waals surface area contributed by atoms with Crippen molar-refractivity contribution in [2.75, 3.05) is 13.7 Å². The van der Waals surface area contributed by atoms with Gasteiger partial charge in [0.05, 0.1) is 12.7 Å². The Morgan fingerprint density at radius 2 is 2.19 bits per heavy atom. The second-order valence-corrected chi connectivity index (χ2v) is 5.33. The molecule has 5 heteroatoms. The molecule has 21 heavy (non-hydrogen) atoms. The van der Waals surface area contributed by atoms with Gasteiger partial charge in [0.15, 0.2) is 11.6 Å².